The van der Waals surface area contributed by atoms with Crippen LogP contribution in [0.2, 0.25) is 0 Å². The predicted molar refractivity (Wildman–Crippen MR) is 86.7 cm³/mol. The Morgan fingerprint density at radius 1 is 1.04 bits per heavy atom. The minimum atomic E-state index is -1.65. The zero-order valence-corrected chi connectivity index (χ0v) is 12.6. The van der Waals surface area contributed by atoms with E-state index in [4.69, 9.17) is 0 Å². The standard InChI is InChI=1S/C18H17NO4/c1-23-18(22)17(21)16(20)14-12-9-5-6-10-13(12)19-15(14)11-7-3-2-4-8-11/h2-10,16-17,19-21H,1H3. The Kier molecular flexibility index (Phi) is 4.14. The molecule has 118 valence electrons. The third-order valence-corrected chi connectivity index (χ3v) is 3.85. The molecular formula is C18H17NO4. The van der Waals surface area contributed by atoms with E-state index in [9.17, 15) is 15.0 Å². The molecule has 3 rings (SSSR count). The van der Waals surface area contributed by atoms with Gasteiger partial charge in [-0.05, 0) is 11.6 Å². The molecule has 23 heavy (non-hydrogen) atoms. The molecule has 5 nitrogen and oxygen atoms in total. The molecule has 0 spiro atoms. The lowest BCUT2D eigenvalue weighted by Crippen LogP contribution is -2.29. The number of H-pyrrole nitrogens is 1. The van der Waals surface area contributed by atoms with Crippen LogP contribution in [0.25, 0.3) is 22.2 Å². The summed E-state index contributed by atoms with van der Waals surface area (Å²) >= 11 is 0. The molecule has 1 heterocycles. The van der Waals surface area contributed by atoms with Gasteiger partial charge in [-0.25, -0.2) is 4.79 Å². The molecule has 3 aromatic rings. The number of carbonyl (C=O) groups excluding carboxylic acids is 1. The molecule has 2 aromatic carbocycles. The molecule has 0 amide bonds. The van der Waals surface area contributed by atoms with Crippen LogP contribution in [-0.2, 0) is 9.53 Å². The number of aliphatic hydroxyl groups is 2. The normalized spacial score (nSPS) is 13.7. The van der Waals surface area contributed by atoms with Crippen molar-refractivity contribution in [2.75, 3.05) is 7.11 Å². The zero-order valence-electron chi connectivity index (χ0n) is 12.6. The molecular weight excluding hydrogens is 294 g/mol. The van der Waals surface area contributed by atoms with Gasteiger partial charge in [0.2, 0.25) is 0 Å². The lowest BCUT2D eigenvalue weighted by atomic mass is 9.97. The number of aromatic amines is 1. The molecule has 1 aromatic heterocycles. The Morgan fingerprint density at radius 3 is 2.39 bits per heavy atom. The van der Waals surface area contributed by atoms with Gasteiger partial charge in [-0.3, -0.25) is 0 Å². The van der Waals surface area contributed by atoms with Crippen molar-refractivity contribution in [2.24, 2.45) is 0 Å². The van der Waals surface area contributed by atoms with Gasteiger partial charge in [-0.15, -0.1) is 0 Å². The minimum absolute atomic E-state index is 0.477. The van der Waals surface area contributed by atoms with Crippen molar-refractivity contribution in [3.63, 3.8) is 0 Å². The Labute approximate surface area is 133 Å². The second kappa shape index (κ2) is 6.24. The molecule has 0 saturated heterocycles. The Bertz CT molecular complexity index is 825. The highest BCUT2D eigenvalue weighted by Gasteiger charge is 2.31. The molecule has 0 fully saturated rings. The van der Waals surface area contributed by atoms with Crippen molar-refractivity contribution in [1.29, 1.82) is 0 Å². The van der Waals surface area contributed by atoms with Crippen LogP contribution < -0.4 is 0 Å². The summed E-state index contributed by atoms with van der Waals surface area (Å²) in [5, 5.41) is 21.4. The van der Waals surface area contributed by atoms with E-state index in [1.165, 1.54) is 7.11 Å². The number of fused-ring (bicyclic) bond motifs is 1. The Hall–Kier alpha value is -2.63. The topological polar surface area (TPSA) is 82.6 Å². The third kappa shape index (κ3) is 2.72. The molecule has 2 atom stereocenters. The van der Waals surface area contributed by atoms with Gasteiger partial charge in [-0.1, -0.05) is 48.5 Å². The zero-order chi connectivity index (χ0) is 16.4. The predicted octanol–water partition coefficient (Wildman–Crippen LogP) is 2.40. The maximum absolute atomic E-state index is 11.6. The van der Waals surface area contributed by atoms with Crippen molar-refractivity contribution in [3.8, 4) is 11.3 Å². The molecule has 0 bridgehead atoms. The fourth-order valence-electron chi connectivity index (χ4n) is 2.71. The first-order valence-corrected chi connectivity index (χ1v) is 7.23. The quantitative estimate of drug-likeness (QED) is 0.646. The van der Waals surface area contributed by atoms with E-state index in [1.807, 2.05) is 54.6 Å². The number of benzene rings is 2. The molecule has 0 saturated carbocycles. The van der Waals surface area contributed by atoms with Gasteiger partial charge < -0.3 is 19.9 Å². The summed E-state index contributed by atoms with van der Waals surface area (Å²) in [7, 11) is 1.17. The number of rotatable bonds is 4. The monoisotopic (exact) mass is 311 g/mol. The largest absolute Gasteiger partial charge is 0.467 e. The van der Waals surface area contributed by atoms with Crippen LogP contribution in [0, 0.1) is 0 Å². The summed E-state index contributed by atoms with van der Waals surface area (Å²) in [6.07, 6.45) is -3.05. The summed E-state index contributed by atoms with van der Waals surface area (Å²) in [6, 6.07) is 16.9. The summed E-state index contributed by atoms with van der Waals surface area (Å²) in [4.78, 5) is 14.8. The molecule has 2 unspecified atom stereocenters. The van der Waals surface area contributed by atoms with Gasteiger partial charge in [0.15, 0.2) is 6.10 Å². The molecule has 3 N–H and O–H groups in total. The van der Waals surface area contributed by atoms with Crippen LogP contribution in [0.1, 0.15) is 11.7 Å². The fraction of sp³-hybridized carbons (Fsp3) is 0.167. The smallest absolute Gasteiger partial charge is 0.337 e. The van der Waals surface area contributed by atoms with Crippen molar-refractivity contribution >= 4 is 16.9 Å². The first-order valence-electron chi connectivity index (χ1n) is 7.23. The average Bonchev–Trinajstić information content (AvgIpc) is 3.00. The van der Waals surface area contributed by atoms with Crippen molar-refractivity contribution < 1.29 is 19.7 Å². The first-order chi connectivity index (χ1) is 11.1. The number of hydrogen-bond acceptors (Lipinski definition) is 4. The summed E-state index contributed by atoms with van der Waals surface area (Å²) in [5.74, 6) is -0.873. The second-order valence-electron chi connectivity index (χ2n) is 5.24. The van der Waals surface area contributed by atoms with Crippen LogP contribution in [-0.4, -0.2) is 34.4 Å². The van der Waals surface area contributed by atoms with Crippen LogP contribution >= 0.6 is 0 Å². The van der Waals surface area contributed by atoms with E-state index in [1.54, 1.807) is 0 Å². The second-order valence-corrected chi connectivity index (χ2v) is 5.24. The van der Waals surface area contributed by atoms with Crippen LogP contribution in [0.3, 0.4) is 0 Å². The van der Waals surface area contributed by atoms with Gasteiger partial charge in [0.05, 0.1) is 12.8 Å². The number of para-hydroxylation sites is 1. The van der Waals surface area contributed by atoms with Crippen molar-refractivity contribution in [1.82, 2.24) is 4.98 Å². The van der Waals surface area contributed by atoms with Gasteiger partial charge in [-0.2, -0.15) is 0 Å². The molecule has 0 aliphatic heterocycles. The number of nitrogens with one attached hydrogen (secondary N) is 1. The van der Waals surface area contributed by atoms with Crippen molar-refractivity contribution in [3.05, 3.63) is 60.2 Å². The van der Waals surface area contributed by atoms with Gasteiger partial charge in [0.1, 0.15) is 6.10 Å². The number of esters is 1. The summed E-state index contributed by atoms with van der Waals surface area (Å²) in [5.41, 5.74) is 2.82. The van der Waals surface area contributed by atoms with Crippen molar-refractivity contribution in [2.45, 2.75) is 12.2 Å². The SMILES string of the molecule is COC(=O)C(O)C(O)c1c(-c2ccccc2)[nH]c2ccccc12. The van der Waals surface area contributed by atoms with Gasteiger partial charge in [0, 0.05) is 16.5 Å². The Balaban J connectivity index is 2.19. The van der Waals surface area contributed by atoms with E-state index in [2.05, 4.69) is 9.72 Å². The highest BCUT2D eigenvalue weighted by atomic mass is 16.5. The first kappa shape index (κ1) is 15.3. The number of methoxy groups -OCH3 is 1. The van der Waals surface area contributed by atoms with Gasteiger partial charge >= 0.3 is 5.97 Å². The number of aromatic nitrogens is 1. The number of carbonyl (C=O) groups is 1. The molecule has 5 heteroatoms. The third-order valence-electron chi connectivity index (χ3n) is 3.85. The fourth-order valence-corrected chi connectivity index (χ4v) is 2.71. The van der Waals surface area contributed by atoms with E-state index < -0.39 is 18.2 Å². The summed E-state index contributed by atoms with van der Waals surface area (Å²) < 4.78 is 4.53. The van der Waals surface area contributed by atoms with Crippen LogP contribution in [0.5, 0.6) is 0 Å². The van der Waals surface area contributed by atoms with Crippen LogP contribution in [0.4, 0.5) is 0 Å². The lowest BCUT2D eigenvalue weighted by Gasteiger charge is -2.17. The Morgan fingerprint density at radius 2 is 1.70 bits per heavy atom. The minimum Gasteiger partial charge on any atom is -0.467 e. The highest BCUT2D eigenvalue weighted by molar-refractivity contribution is 5.92. The van der Waals surface area contributed by atoms with E-state index >= 15 is 0 Å². The van der Waals surface area contributed by atoms with Crippen LogP contribution in [0.15, 0.2) is 54.6 Å². The molecule has 0 aliphatic rings. The average molecular weight is 311 g/mol. The molecule has 0 radical (unpaired) electrons. The maximum atomic E-state index is 11.6. The number of hydrogen-bond donors (Lipinski definition) is 3. The molecule has 0 aliphatic carbocycles. The lowest BCUT2D eigenvalue weighted by molar-refractivity contribution is -0.156. The van der Waals surface area contributed by atoms with E-state index in [-0.39, 0.29) is 0 Å². The van der Waals surface area contributed by atoms with Gasteiger partial charge in [0.25, 0.3) is 0 Å². The van der Waals surface area contributed by atoms with E-state index in [0.29, 0.717) is 11.3 Å². The maximum Gasteiger partial charge on any atom is 0.337 e. The van der Waals surface area contributed by atoms with E-state index in [0.717, 1.165) is 16.5 Å². The number of aliphatic hydroxyl groups excluding tert-OH is 2. The number of ether oxygens (including phenoxy) is 1. The highest BCUT2D eigenvalue weighted by Crippen LogP contribution is 2.36. The summed E-state index contributed by atoms with van der Waals surface area (Å²) in [6.45, 7) is 0.